The molecule has 2 amide bonds. The van der Waals surface area contributed by atoms with Crippen molar-refractivity contribution in [2.24, 2.45) is 0 Å². The van der Waals surface area contributed by atoms with Gasteiger partial charge < -0.3 is 4.57 Å². The Labute approximate surface area is 153 Å². The van der Waals surface area contributed by atoms with Crippen LogP contribution in [0.4, 0.5) is 4.39 Å². The Hall–Kier alpha value is -2.87. The third-order valence-corrected chi connectivity index (χ3v) is 4.29. The van der Waals surface area contributed by atoms with Gasteiger partial charge in [-0.2, -0.15) is 11.8 Å². The van der Waals surface area contributed by atoms with E-state index < -0.39 is 17.6 Å². The van der Waals surface area contributed by atoms with Crippen molar-refractivity contribution in [3.63, 3.8) is 0 Å². The number of hydrogen-bond donors (Lipinski definition) is 2. The highest BCUT2D eigenvalue weighted by Gasteiger charge is 2.15. The number of thioether (sulfide) groups is 1. The van der Waals surface area contributed by atoms with E-state index in [1.165, 1.54) is 18.2 Å². The number of hydrazine groups is 1. The van der Waals surface area contributed by atoms with Crippen LogP contribution in [-0.4, -0.2) is 27.6 Å². The van der Waals surface area contributed by atoms with E-state index in [4.69, 9.17) is 0 Å². The molecule has 0 aliphatic heterocycles. The second kappa shape index (κ2) is 8.01. The summed E-state index contributed by atoms with van der Waals surface area (Å²) < 4.78 is 15.4. The summed E-state index contributed by atoms with van der Waals surface area (Å²) in [4.78, 5) is 28.8. The van der Waals surface area contributed by atoms with E-state index in [2.05, 4.69) is 15.8 Å². The van der Waals surface area contributed by atoms with Gasteiger partial charge in [0.2, 0.25) is 0 Å². The topological polar surface area (TPSA) is 76.0 Å². The van der Waals surface area contributed by atoms with Crippen molar-refractivity contribution in [2.75, 3.05) is 6.26 Å². The number of amides is 2. The van der Waals surface area contributed by atoms with E-state index in [0.717, 1.165) is 16.9 Å². The monoisotopic (exact) mass is 372 g/mol. The van der Waals surface area contributed by atoms with Crippen LogP contribution in [0.25, 0.3) is 11.0 Å². The molecule has 0 spiro atoms. The maximum atomic E-state index is 13.6. The third kappa shape index (κ3) is 3.85. The molecule has 0 unspecified atom stereocenters. The summed E-state index contributed by atoms with van der Waals surface area (Å²) in [7, 11) is 0. The van der Waals surface area contributed by atoms with Crippen LogP contribution >= 0.6 is 11.8 Å². The smallest absolute Gasteiger partial charge is 0.272 e. The molecule has 0 saturated heterocycles. The van der Waals surface area contributed by atoms with Crippen LogP contribution in [0.5, 0.6) is 0 Å². The lowest BCUT2D eigenvalue weighted by Crippen LogP contribution is -2.43. The molecule has 134 valence electrons. The number of carbonyl (C=O) groups excluding carboxylic acids is 2. The molecule has 0 atom stereocenters. The zero-order valence-corrected chi connectivity index (χ0v) is 14.8. The largest absolute Gasteiger partial charge is 0.318 e. The quantitative estimate of drug-likeness (QED) is 0.675. The van der Waals surface area contributed by atoms with Gasteiger partial charge in [-0.15, -0.1) is 0 Å². The first kappa shape index (κ1) is 17.9. The number of fused-ring (bicyclic) bond motifs is 1. The Kier molecular flexibility index (Phi) is 5.52. The first-order chi connectivity index (χ1) is 12.6. The average molecular weight is 372 g/mol. The molecule has 0 bridgehead atoms. The van der Waals surface area contributed by atoms with E-state index in [1.54, 1.807) is 22.4 Å². The summed E-state index contributed by atoms with van der Waals surface area (Å²) in [6.45, 7) is -0.00599. The standard InChI is InChI=1S/C18H17FN4O2S/c1-26-11-16-20-14-8-4-5-9-15(14)23(16)10-17(24)21-22-18(25)12-6-2-3-7-13(12)19/h2-9H,10-11H2,1H3,(H,21,24)(H,22,25). The molecule has 0 aliphatic carbocycles. The highest BCUT2D eigenvalue weighted by atomic mass is 32.2. The minimum Gasteiger partial charge on any atom is -0.318 e. The molecule has 1 heterocycles. The molecule has 6 nitrogen and oxygen atoms in total. The zero-order valence-electron chi connectivity index (χ0n) is 14.0. The summed E-state index contributed by atoms with van der Waals surface area (Å²) in [5, 5.41) is 0. The predicted molar refractivity (Wildman–Crippen MR) is 99.0 cm³/mol. The van der Waals surface area contributed by atoms with Gasteiger partial charge >= 0.3 is 0 Å². The Bertz CT molecular complexity index is 957. The third-order valence-electron chi connectivity index (χ3n) is 3.74. The van der Waals surface area contributed by atoms with Gasteiger partial charge in [-0.3, -0.25) is 20.4 Å². The number of carbonyl (C=O) groups is 2. The van der Waals surface area contributed by atoms with Crippen molar-refractivity contribution >= 4 is 34.6 Å². The van der Waals surface area contributed by atoms with E-state index in [0.29, 0.717) is 5.75 Å². The highest BCUT2D eigenvalue weighted by Crippen LogP contribution is 2.18. The lowest BCUT2D eigenvalue weighted by atomic mass is 10.2. The van der Waals surface area contributed by atoms with Gasteiger partial charge in [-0.25, -0.2) is 9.37 Å². The molecule has 2 N–H and O–H groups in total. The van der Waals surface area contributed by atoms with Crippen LogP contribution in [0.2, 0.25) is 0 Å². The number of para-hydroxylation sites is 2. The molecule has 3 aromatic rings. The van der Waals surface area contributed by atoms with E-state index >= 15 is 0 Å². The fourth-order valence-electron chi connectivity index (χ4n) is 2.56. The van der Waals surface area contributed by atoms with Gasteiger partial charge in [0.15, 0.2) is 0 Å². The van der Waals surface area contributed by atoms with Crippen molar-refractivity contribution < 1.29 is 14.0 Å². The summed E-state index contributed by atoms with van der Waals surface area (Å²) >= 11 is 1.60. The van der Waals surface area contributed by atoms with Crippen LogP contribution < -0.4 is 10.9 Å². The molecule has 0 radical (unpaired) electrons. The van der Waals surface area contributed by atoms with Crippen molar-refractivity contribution in [3.05, 3.63) is 65.7 Å². The molecule has 1 aromatic heterocycles. The molecular weight excluding hydrogens is 355 g/mol. The predicted octanol–water partition coefficient (Wildman–Crippen LogP) is 2.50. The average Bonchev–Trinajstić information content (AvgIpc) is 2.98. The fraction of sp³-hybridized carbons (Fsp3) is 0.167. The minimum absolute atomic E-state index is 0.00599. The lowest BCUT2D eigenvalue weighted by Gasteiger charge is -2.11. The number of nitrogens with one attached hydrogen (secondary N) is 2. The van der Waals surface area contributed by atoms with Gasteiger partial charge in [0.1, 0.15) is 18.2 Å². The number of rotatable bonds is 5. The van der Waals surface area contributed by atoms with Gasteiger partial charge in [0, 0.05) is 0 Å². The van der Waals surface area contributed by atoms with Crippen molar-refractivity contribution in [3.8, 4) is 0 Å². The molecule has 3 rings (SSSR count). The van der Waals surface area contributed by atoms with Gasteiger partial charge in [0.05, 0.1) is 22.3 Å². The molecular formula is C18H17FN4O2S. The normalized spacial score (nSPS) is 10.7. The molecule has 8 heteroatoms. The summed E-state index contributed by atoms with van der Waals surface area (Å²) in [6.07, 6.45) is 1.96. The second-order valence-corrected chi connectivity index (χ2v) is 6.38. The first-order valence-electron chi connectivity index (χ1n) is 7.87. The van der Waals surface area contributed by atoms with Crippen LogP contribution in [0.3, 0.4) is 0 Å². The van der Waals surface area contributed by atoms with E-state index in [-0.39, 0.29) is 12.1 Å². The fourth-order valence-corrected chi connectivity index (χ4v) is 3.04. The Balaban J connectivity index is 1.70. The van der Waals surface area contributed by atoms with E-state index in [1.807, 2.05) is 30.5 Å². The molecule has 2 aromatic carbocycles. The summed E-state index contributed by atoms with van der Waals surface area (Å²) in [6, 6.07) is 13.1. The second-order valence-electron chi connectivity index (χ2n) is 5.52. The Morgan fingerprint density at radius 1 is 1.12 bits per heavy atom. The number of benzene rings is 2. The van der Waals surface area contributed by atoms with Crippen LogP contribution in [-0.2, 0) is 17.1 Å². The van der Waals surface area contributed by atoms with Crippen molar-refractivity contribution in [1.29, 1.82) is 0 Å². The lowest BCUT2D eigenvalue weighted by molar-refractivity contribution is -0.122. The SMILES string of the molecule is CSCc1nc2ccccc2n1CC(=O)NNC(=O)c1ccccc1F. The van der Waals surface area contributed by atoms with Gasteiger partial charge in [-0.1, -0.05) is 24.3 Å². The number of nitrogens with zero attached hydrogens (tertiary/aromatic N) is 2. The zero-order chi connectivity index (χ0) is 18.5. The van der Waals surface area contributed by atoms with Gasteiger partial charge in [0.25, 0.3) is 11.8 Å². The maximum absolute atomic E-state index is 13.6. The number of imidazole rings is 1. The minimum atomic E-state index is -0.712. The highest BCUT2D eigenvalue weighted by molar-refractivity contribution is 7.97. The Morgan fingerprint density at radius 3 is 2.62 bits per heavy atom. The molecule has 26 heavy (non-hydrogen) atoms. The number of aromatic nitrogens is 2. The van der Waals surface area contributed by atoms with Crippen LogP contribution in [0.1, 0.15) is 16.2 Å². The van der Waals surface area contributed by atoms with Crippen LogP contribution in [0.15, 0.2) is 48.5 Å². The first-order valence-corrected chi connectivity index (χ1v) is 9.26. The number of hydrogen-bond acceptors (Lipinski definition) is 4. The summed E-state index contributed by atoms with van der Waals surface area (Å²) in [5.41, 5.74) is 6.06. The molecule has 0 saturated carbocycles. The summed E-state index contributed by atoms with van der Waals surface area (Å²) in [5.74, 6) is -0.364. The maximum Gasteiger partial charge on any atom is 0.272 e. The van der Waals surface area contributed by atoms with Crippen molar-refractivity contribution in [2.45, 2.75) is 12.3 Å². The van der Waals surface area contributed by atoms with E-state index in [9.17, 15) is 14.0 Å². The molecule has 0 aliphatic rings. The van der Waals surface area contributed by atoms with Crippen molar-refractivity contribution in [1.82, 2.24) is 20.4 Å². The number of halogens is 1. The van der Waals surface area contributed by atoms with Crippen LogP contribution in [0, 0.1) is 5.82 Å². The van der Waals surface area contributed by atoms with Gasteiger partial charge in [-0.05, 0) is 30.5 Å². The Morgan fingerprint density at radius 2 is 1.85 bits per heavy atom. The molecule has 0 fully saturated rings.